The number of aliphatic carboxylic acids is 1. The van der Waals surface area contributed by atoms with E-state index >= 15 is 0 Å². The molecular formula is C29H41NO6. The van der Waals surface area contributed by atoms with Crippen LogP contribution in [0.5, 0.6) is 11.5 Å². The number of nitrogens with zero attached hydrogens (tertiary/aromatic N) is 1. The number of carbonyl (C=O) groups excluding carboxylic acids is 1. The zero-order valence-corrected chi connectivity index (χ0v) is 22.1. The Morgan fingerprint density at radius 2 is 1.89 bits per heavy atom. The van der Waals surface area contributed by atoms with Crippen LogP contribution in [0.15, 0.2) is 29.4 Å². The molecule has 0 aliphatic carbocycles. The Morgan fingerprint density at radius 1 is 1.14 bits per heavy atom. The lowest BCUT2D eigenvalue weighted by Gasteiger charge is -2.40. The van der Waals surface area contributed by atoms with Crippen molar-refractivity contribution in [2.45, 2.75) is 104 Å². The largest absolute Gasteiger partial charge is 0.508 e. The maximum atomic E-state index is 13.0. The minimum Gasteiger partial charge on any atom is -0.508 e. The molecule has 3 rings (SSSR count). The van der Waals surface area contributed by atoms with Crippen LogP contribution in [0.3, 0.4) is 0 Å². The SMILES string of the molecule is CC(C)=CCC/C(C)=C/CCC1(C)Oc2c(c(O)cc3c2CN(CCCCCC(=O)O)C3=O)CC1O. The molecule has 0 saturated heterocycles. The number of rotatable bonds is 12. The summed E-state index contributed by atoms with van der Waals surface area (Å²) in [5.41, 5.74) is 3.58. The van der Waals surface area contributed by atoms with Gasteiger partial charge in [0.05, 0.1) is 18.2 Å². The van der Waals surface area contributed by atoms with Gasteiger partial charge in [-0.1, -0.05) is 29.7 Å². The number of allylic oxidation sites excluding steroid dienone is 4. The molecule has 0 fully saturated rings. The lowest BCUT2D eigenvalue weighted by molar-refractivity contribution is -0.137. The number of carbonyl (C=O) groups is 2. The van der Waals surface area contributed by atoms with Gasteiger partial charge in [0.15, 0.2) is 0 Å². The molecule has 1 amide bonds. The van der Waals surface area contributed by atoms with Gasteiger partial charge in [0, 0.05) is 30.5 Å². The molecule has 7 nitrogen and oxygen atoms in total. The van der Waals surface area contributed by atoms with E-state index in [1.807, 2.05) is 6.92 Å². The molecule has 0 radical (unpaired) electrons. The van der Waals surface area contributed by atoms with Crippen LogP contribution in [-0.4, -0.2) is 50.3 Å². The van der Waals surface area contributed by atoms with Crippen molar-refractivity contribution in [3.05, 3.63) is 46.1 Å². The number of carboxylic acid groups (broad SMARTS) is 1. The van der Waals surface area contributed by atoms with E-state index in [0.29, 0.717) is 42.8 Å². The fourth-order valence-electron chi connectivity index (χ4n) is 4.99. The van der Waals surface area contributed by atoms with Crippen LogP contribution in [0.4, 0.5) is 0 Å². The zero-order chi connectivity index (χ0) is 26.5. The number of aliphatic hydroxyl groups excluding tert-OH is 1. The smallest absolute Gasteiger partial charge is 0.303 e. The molecule has 0 bridgehead atoms. The van der Waals surface area contributed by atoms with Gasteiger partial charge >= 0.3 is 5.97 Å². The van der Waals surface area contributed by atoms with Gasteiger partial charge in [-0.2, -0.15) is 0 Å². The van der Waals surface area contributed by atoms with Gasteiger partial charge in [-0.3, -0.25) is 9.59 Å². The zero-order valence-electron chi connectivity index (χ0n) is 22.1. The molecule has 1 aromatic rings. The van der Waals surface area contributed by atoms with Crippen molar-refractivity contribution in [3.8, 4) is 11.5 Å². The molecule has 2 unspecified atom stereocenters. The van der Waals surface area contributed by atoms with Crippen molar-refractivity contribution < 1.29 is 29.6 Å². The average Bonchev–Trinajstić information content (AvgIpc) is 3.10. The van der Waals surface area contributed by atoms with E-state index < -0.39 is 17.7 Å². The molecule has 1 aromatic carbocycles. The van der Waals surface area contributed by atoms with E-state index in [0.717, 1.165) is 37.7 Å². The van der Waals surface area contributed by atoms with E-state index in [2.05, 4.69) is 32.9 Å². The first kappa shape index (κ1) is 27.8. The first-order valence-corrected chi connectivity index (χ1v) is 13.1. The summed E-state index contributed by atoms with van der Waals surface area (Å²) >= 11 is 0. The van der Waals surface area contributed by atoms with Gasteiger partial charge in [0.1, 0.15) is 17.1 Å². The van der Waals surface area contributed by atoms with E-state index in [1.54, 1.807) is 4.90 Å². The van der Waals surface area contributed by atoms with Crippen LogP contribution in [-0.2, 0) is 17.8 Å². The number of fused-ring (bicyclic) bond motifs is 3. The second-order valence-electron chi connectivity index (χ2n) is 10.7. The van der Waals surface area contributed by atoms with Crippen molar-refractivity contribution in [1.29, 1.82) is 0 Å². The van der Waals surface area contributed by atoms with Gasteiger partial charge in [-0.25, -0.2) is 0 Å². The highest BCUT2D eigenvalue weighted by Crippen LogP contribution is 2.46. The number of ether oxygens (including phenoxy) is 1. The van der Waals surface area contributed by atoms with Crippen LogP contribution in [0.1, 0.15) is 101 Å². The number of amides is 1. The van der Waals surface area contributed by atoms with Crippen molar-refractivity contribution in [3.63, 3.8) is 0 Å². The molecule has 2 atom stereocenters. The summed E-state index contributed by atoms with van der Waals surface area (Å²) in [6, 6.07) is 1.50. The minimum absolute atomic E-state index is 0.0171. The van der Waals surface area contributed by atoms with Crippen molar-refractivity contribution >= 4 is 11.9 Å². The summed E-state index contributed by atoms with van der Waals surface area (Å²) in [6.07, 6.45) is 9.54. The van der Waals surface area contributed by atoms with Crippen LogP contribution in [0, 0.1) is 0 Å². The maximum Gasteiger partial charge on any atom is 0.303 e. The average molecular weight is 500 g/mol. The Kier molecular flexibility index (Phi) is 9.23. The summed E-state index contributed by atoms with van der Waals surface area (Å²) in [5, 5.41) is 30.4. The Balaban J connectivity index is 1.69. The highest BCUT2D eigenvalue weighted by Gasteiger charge is 2.44. The van der Waals surface area contributed by atoms with Crippen LogP contribution in [0.25, 0.3) is 0 Å². The Hall–Kier alpha value is -2.80. The quantitative estimate of drug-likeness (QED) is 0.258. The molecule has 2 aliphatic heterocycles. The number of hydrogen-bond donors (Lipinski definition) is 3. The number of aromatic hydroxyl groups is 1. The fourth-order valence-corrected chi connectivity index (χ4v) is 4.99. The minimum atomic E-state index is -0.821. The van der Waals surface area contributed by atoms with Crippen LogP contribution >= 0.6 is 0 Å². The molecule has 2 heterocycles. The highest BCUT2D eigenvalue weighted by molar-refractivity contribution is 6.00. The topological polar surface area (TPSA) is 107 Å². The summed E-state index contributed by atoms with van der Waals surface area (Å²) in [5.74, 6) is -0.438. The van der Waals surface area contributed by atoms with Crippen molar-refractivity contribution in [2.75, 3.05) is 6.54 Å². The van der Waals surface area contributed by atoms with Crippen molar-refractivity contribution in [1.82, 2.24) is 4.90 Å². The number of phenols is 1. The van der Waals surface area contributed by atoms with Crippen molar-refractivity contribution in [2.24, 2.45) is 0 Å². The molecule has 0 saturated carbocycles. The van der Waals surface area contributed by atoms with Gasteiger partial charge in [0.2, 0.25) is 0 Å². The Labute approximate surface area is 214 Å². The summed E-state index contributed by atoms with van der Waals surface area (Å²) in [7, 11) is 0. The molecule has 7 heteroatoms. The van der Waals surface area contributed by atoms with E-state index in [4.69, 9.17) is 9.84 Å². The Morgan fingerprint density at radius 3 is 2.58 bits per heavy atom. The molecule has 36 heavy (non-hydrogen) atoms. The number of unbranched alkanes of at least 4 members (excludes halogenated alkanes) is 2. The van der Waals surface area contributed by atoms with Gasteiger partial charge in [-0.05, 0) is 72.3 Å². The number of carboxylic acids is 1. The molecule has 198 valence electrons. The molecule has 2 aliphatic rings. The third-order valence-electron chi connectivity index (χ3n) is 7.31. The van der Waals surface area contributed by atoms with E-state index in [9.17, 15) is 19.8 Å². The van der Waals surface area contributed by atoms with Crippen LogP contribution in [0.2, 0.25) is 0 Å². The normalized spacial score (nSPS) is 21.1. The van der Waals surface area contributed by atoms with Gasteiger partial charge in [0.25, 0.3) is 5.91 Å². The molecule has 0 spiro atoms. The first-order valence-electron chi connectivity index (χ1n) is 13.1. The lowest BCUT2D eigenvalue weighted by Crippen LogP contribution is -2.49. The standard InChI is InChI=1S/C29H41NO6/c1-19(2)10-8-11-20(3)12-9-14-29(4)25(32)17-22-24(31)16-21-23(27(22)36-29)18-30(28(21)35)15-7-5-6-13-26(33)34/h10,12,16,25,31-32H,5-9,11,13-15,17-18H2,1-4H3,(H,33,34)/b20-12+. The van der Waals surface area contributed by atoms with E-state index in [1.165, 1.54) is 17.2 Å². The summed E-state index contributed by atoms with van der Waals surface area (Å²) in [6.45, 7) is 9.15. The number of phenolic OH excluding ortho intramolecular Hbond substituents is 1. The third kappa shape index (κ3) is 6.69. The predicted molar refractivity (Wildman–Crippen MR) is 139 cm³/mol. The van der Waals surface area contributed by atoms with Gasteiger partial charge < -0.3 is 25.0 Å². The summed E-state index contributed by atoms with van der Waals surface area (Å²) < 4.78 is 6.42. The number of benzene rings is 1. The lowest BCUT2D eigenvalue weighted by atomic mass is 9.84. The van der Waals surface area contributed by atoms with Crippen LogP contribution < -0.4 is 4.74 Å². The van der Waals surface area contributed by atoms with E-state index in [-0.39, 0.29) is 24.5 Å². The Bertz CT molecular complexity index is 1040. The third-order valence-corrected chi connectivity index (χ3v) is 7.31. The molecule has 3 N–H and O–H groups in total. The maximum absolute atomic E-state index is 13.0. The fraction of sp³-hybridized carbons (Fsp3) is 0.586. The number of aliphatic hydroxyl groups is 1. The first-order chi connectivity index (χ1) is 17.0. The second-order valence-corrected chi connectivity index (χ2v) is 10.7. The van der Waals surface area contributed by atoms with Gasteiger partial charge in [-0.15, -0.1) is 0 Å². The highest BCUT2D eigenvalue weighted by atomic mass is 16.5. The summed E-state index contributed by atoms with van der Waals surface area (Å²) in [4.78, 5) is 25.4. The second kappa shape index (κ2) is 12.0. The monoisotopic (exact) mass is 499 g/mol. The predicted octanol–water partition coefficient (Wildman–Crippen LogP) is 5.52. The number of hydrogen-bond acceptors (Lipinski definition) is 5. The molecular weight excluding hydrogens is 458 g/mol. The molecule has 0 aromatic heterocycles.